The van der Waals surface area contributed by atoms with Gasteiger partial charge in [-0.05, 0) is 37.8 Å². The summed E-state index contributed by atoms with van der Waals surface area (Å²) in [4.78, 5) is 52.7. The molecule has 0 aromatic heterocycles. The number of fused-ring (bicyclic) bond motifs is 1. The van der Waals surface area contributed by atoms with E-state index in [4.69, 9.17) is 0 Å². The first-order valence-corrected chi connectivity index (χ1v) is 9.84. The van der Waals surface area contributed by atoms with Gasteiger partial charge in [-0.25, -0.2) is 0 Å². The van der Waals surface area contributed by atoms with Crippen LogP contribution in [0.25, 0.3) is 0 Å². The van der Waals surface area contributed by atoms with Gasteiger partial charge < -0.3 is 10.2 Å². The zero-order valence-corrected chi connectivity index (χ0v) is 16.6. The van der Waals surface area contributed by atoms with E-state index in [1.165, 1.54) is 0 Å². The Balaban J connectivity index is 1.58. The van der Waals surface area contributed by atoms with Gasteiger partial charge in [-0.2, -0.15) is 0 Å². The van der Waals surface area contributed by atoms with Crippen LogP contribution in [-0.2, 0) is 9.59 Å². The first-order valence-electron chi connectivity index (χ1n) is 9.84. The fraction of sp³-hybridized carbons (Fsp3) is 0.524. The molecule has 1 saturated heterocycles. The minimum Gasteiger partial charge on any atom is -0.353 e. The number of hydrogen-bond donors (Lipinski definition) is 1. The van der Waals surface area contributed by atoms with Crippen molar-refractivity contribution >= 4 is 23.6 Å². The summed E-state index contributed by atoms with van der Waals surface area (Å²) in [6, 6.07) is 5.84. The molecule has 3 rings (SSSR count). The summed E-state index contributed by atoms with van der Waals surface area (Å²) in [5.74, 6) is -0.725. The van der Waals surface area contributed by atoms with E-state index in [1.807, 2.05) is 13.8 Å². The van der Waals surface area contributed by atoms with Gasteiger partial charge in [0.15, 0.2) is 0 Å². The Morgan fingerprint density at radius 1 is 1.04 bits per heavy atom. The lowest BCUT2D eigenvalue weighted by Crippen LogP contribution is -2.53. The largest absolute Gasteiger partial charge is 0.353 e. The molecule has 0 bridgehead atoms. The molecule has 0 spiro atoms. The second kappa shape index (κ2) is 8.12. The van der Waals surface area contributed by atoms with E-state index in [9.17, 15) is 19.2 Å². The second-order valence-electron chi connectivity index (χ2n) is 7.97. The van der Waals surface area contributed by atoms with Gasteiger partial charge in [-0.15, -0.1) is 0 Å². The maximum atomic E-state index is 12.9. The third-order valence-electron chi connectivity index (χ3n) is 5.34. The van der Waals surface area contributed by atoms with Crippen molar-refractivity contribution in [3.8, 4) is 0 Å². The molecule has 7 nitrogen and oxygen atoms in total. The Morgan fingerprint density at radius 2 is 1.57 bits per heavy atom. The van der Waals surface area contributed by atoms with Gasteiger partial charge in [-0.1, -0.05) is 26.0 Å². The molecule has 1 N–H and O–H groups in total. The van der Waals surface area contributed by atoms with Gasteiger partial charge in [0.05, 0.1) is 11.1 Å². The maximum Gasteiger partial charge on any atom is 0.262 e. The normalized spacial score (nSPS) is 18.4. The summed E-state index contributed by atoms with van der Waals surface area (Å²) in [7, 11) is 0. The lowest BCUT2D eigenvalue weighted by molar-refractivity contribution is -0.136. The standard InChI is InChI=1S/C21H27N3O4/c1-13(2)12-18(25)22-15-8-10-23(11-9-15)19(26)14(3)24-20(27)16-6-4-5-7-17(16)21(24)28/h4-7,13-15H,8-12H2,1-3H3,(H,22,25). The van der Waals surface area contributed by atoms with Crippen LogP contribution < -0.4 is 5.32 Å². The number of hydrogen-bond acceptors (Lipinski definition) is 4. The summed E-state index contributed by atoms with van der Waals surface area (Å²) in [6.07, 6.45) is 1.84. The number of likely N-dealkylation sites (tertiary alicyclic amines) is 1. The van der Waals surface area contributed by atoms with E-state index in [-0.39, 0.29) is 17.9 Å². The second-order valence-corrected chi connectivity index (χ2v) is 7.97. The van der Waals surface area contributed by atoms with Crippen molar-refractivity contribution < 1.29 is 19.2 Å². The first-order chi connectivity index (χ1) is 13.3. The molecule has 1 unspecified atom stereocenters. The van der Waals surface area contributed by atoms with Gasteiger partial charge in [0.25, 0.3) is 11.8 Å². The van der Waals surface area contributed by atoms with E-state index >= 15 is 0 Å². The van der Waals surface area contributed by atoms with Crippen LogP contribution in [0.2, 0.25) is 0 Å². The Labute approximate surface area is 165 Å². The van der Waals surface area contributed by atoms with E-state index < -0.39 is 17.9 Å². The summed E-state index contributed by atoms with van der Waals surface area (Å²) in [5, 5.41) is 3.02. The molecule has 28 heavy (non-hydrogen) atoms. The van der Waals surface area contributed by atoms with Crippen LogP contribution in [0, 0.1) is 5.92 Å². The number of piperidine rings is 1. The number of nitrogens with one attached hydrogen (secondary N) is 1. The van der Waals surface area contributed by atoms with E-state index in [2.05, 4.69) is 5.32 Å². The minimum absolute atomic E-state index is 0.0409. The van der Waals surface area contributed by atoms with Crippen LogP contribution in [0.4, 0.5) is 0 Å². The van der Waals surface area contributed by atoms with Crippen molar-refractivity contribution in [2.75, 3.05) is 13.1 Å². The van der Waals surface area contributed by atoms with Crippen molar-refractivity contribution in [1.82, 2.24) is 15.1 Å². The Hall–Kier alpha value is -2.70. The minimum atomic E-state index is -0.848. The highest BCUT2D eigenvalue weighted by Gasteiger charge is 2.42. The number of amides is 4. The topological polar surface area (TPSA) is 86.8 Å². The summed E-state index contributed by atoms with van der Waals surface area (Å²) in [5.41, 5.74) is 0.692. The molecule has 0 aliphatic carbocycles. The van der Waals surface area contributed by atoms with Gasteiger partial charge >= 0.3 is 0 Å². The average molecular weight is 385 g/mol. The molecular weight excluding hydrogens is 358 g/mol. The van der Waals surface area contributed by atoms with Gasteiger partial charge in [0, 0.05) is 25.6 Å². The number of benzene rings is 1. The highest BCUT2D eigenvalue weighted by molar-refractivity contribution is 6.22. The fourth-order valence-corrected chi connectivity index (χ4v) is 3.84. The van der Waals surface area contributed by atoms with Gasteiger partial charge in [0.2, 0.25) is 11.8 Å². The number of carbonyl (C=O) groups excluding carboxylic acids is 4. The average Bonchev–Trinajstić information content (AvgIpc) is 2.91. The lowest BCUT2D eigenvalue weighted by atomic mass is 10.0. The predicted octanol–water partition coefficient (Wildman–Crippen LogP) is 1.82. The van der Waals surface area contributed by atoms with Crippen LogP contribution in [0.15, 0.2) is 24.3 Å². The molecule has 1 fully saturated rings. The number of carbonyl (C=O) groups is 4. The number of rotatable bonds is 5. The van der Waals surface area contributed by atoms with Crippen LogP contribution in [-0.4, -0.2) is 58.6 Å². The SMILES string of the molecule is CC(C)CC(=O)NC1CCN(C(=O)C(C)N2C(=O)c3ccccc3C2=O)CC1. The predicted molar refractivity (Wildman–Crippen MR) is 104 cm³/mol. The monoisotopic (exact) mass is 385 g/mol. The smallest absolute Gasteiger partial charge is 0.262 e. The van der Waals surface area contributed by atoms with Crippen molar-refractivity contribution in [1.29, 1.82) is 0 Å². The third-order valence-corrected chi connectivity index (χ3v) is 5.34. The van der Waals surface area contributed by atoms with Crippen molar-refractivity contribution in [3.63, 3.8) is 0 Å². The maximum absolute atomic E-state index is 12.9. The zero-order chi connectivity index (χ0) is 20.4. The summed E-state index contributed by atoms with van der Waals surface area (Å²) < 4.78 is 0. The van der Waals surface area contributed by atoms with Gasteiger partial charge in [-0.3, -0.25) is 24.1 Å². The Morgan fingerprint density at radius 3 is 2.07 bits per heavy atom. The molecule has 0 radical (unpaired) electrons. The molecule has 2 heterocycles. The number of imide groups is 1. The third kappa shape index (κ3) is 3.93. The van der Waals surface area contributed by atoms with E-state index in [1.54, 1.807) is 36.1 Å². The van der Waals surface area contributed by atoms with Crippen molar-refractivity contribution in [2.45, 2.75) is 52.1 Å². The molecule has 2 aliphatic rings. The molecule has 1 aromatic carbocycles. The molecule has 7 heteroatoms. The first kappa shape index (κ1) is 20.0. The van der Waals surface area contributed by atoms with Crippen molar-refractivity contribution in [2.24, 2.45) is 5.92 Å². The van der Waals surface area contributed by atoms with Crippen LogP contribution in [0.3, 0.4) is 0 Å². The highest BCUT2D eigenvalue weighted by atomic mass is 16.2. The lowest BCUT2D eigenvalue weighted by Gasteiger charge is -2.35. The van der Waals surface area contributed by atoms with Crippen LogP contribution in [0.5, 0.6) is 0 Å². The number of nitrogens with zero attached hydrogens (tertiary/aromatic N) is 2. The highest BCUT2D eigenvalue weighted by Crippen LogP contribution is 2.25. The molecule has 150 valence electrons. The molecule has 4 amide bonds. The van der Waals surface area contributed by atoms with Gasteiger partial charge in [0.1, 0.15) is 6.04 Å². The molecule has 1 aromatic rings. The zero-order valence-electron chi connectivity index (χ0n) is 16.6. The Bertz CT molecular complexity index is 762. The molecule has 1 atom stereocenters. The quantitative estimate of drug-likeness (QED) is 0.784. The molecule has 2 aliphatic heterocycles. The Kier molecular flexibility index (Phi) is 5.82. The van der Waals surface area contributed by atoms with E-state index in [0.717, 1.165) is 4.90 Å². The fourth-order valence-electron chi connectivity index (χ4n) is 3.84. The van der Waals surface area contributed by atoms with E-state index in [0.29, 0.717) is 49.4 Å². The summed E-state index contributed by atoms with van der Waals surface area (Å²) >= 11 is 0. The summed E-state index contributed by atoms with van der Waals surface area (Å²) in [6.45, 7) is 6.60. The molecular formula is C21H27N3O4. The van der Waals surface area contributed by atoms with Crippen LogP contribution in [0.1, 0.15) is 60.7 Å². The van der Waals surface area contributed by atoms with Crippen LogP contribution >= 0.6 is 0 Å². The molecule has 0 saturated carbocycles. The van der Waals surface area contributed by atoms with Crippen molar-refractivity contribution in [3.05, 3.63) is 35.4 Å².